The maximum Gasteiger partial charge on any atom is 0.164 e. The van der Waals surface area contributed by atoms with Gasteiger partial charge >= 0.3 is 0 Å². The number of hydrogen-bond acceptors (Lipinski definition) is 4. The number of rotatable bonds is 3. The molecule has 0 bridgehead atoms. The first-order chi connectivity index (χ1) is 6.61. The second kappa shape index (κ2) is 4.63. The number of phenols is 1. The molecular weight excluding hydrogens is 250 g/mol. The average molecular weight is 262 g/mol. The van der Waals surface area contributed by atoms with Gasteiger partial charge in [-0.2, -0.15) is 0 Å². The van der Waals surface area contributed by atoms with Crippen LogP contribution in [0.2, 0.25) is 0 Å². The summed E-state index contributed by atoms with van der Waals surface area (Å²) < 4.78 is 5.52. The van der Waals surface area contributed by atoms with Crippen LogP contribution in [-0.2, 0) is 0 Å². The van der Waals surface area contributed by atoms with Crippen LogP contribution in [0.3, 0.4) is 0 Å². The maximum atomic E-state index is 9.70. The molecule has 0 heterocycles. The monoisotopic (exact) mass is 261 g/mol. The molecule has 0 aliphatic heterocycles. The van der Waals surface area contributed by atoms with E-state index in [1.54, 1.807) is 12.1 Å². The van der Waals surface area contributed by atoms with Gasteiger partial charge in [-0.05, 0) is 12.1 Å². The molecule has 0 fully saturated rings. The SMILES string of the molecule is COc1ccc(Br)c(C(O)CN)c1O. The lowest BCUT2D eigenvalue weighted by Gasteiger charge is -2.14. The molecule has 0 spiro atoms. The van der Waals surface area contributed by atoms with E-state index in [0.717, 1.165) is 0 Å². The lowest BCUT2D eigenvalue weighted by atomic mass is 10.1. The Labute approximate surface area is 90.4 Å². The van der Waals surface area contributed by atoms with E-state index in [1.165, 1.54) is 7.11 Å². The van der Waals surface area contributed by atoms with Crippen molar-refractivity contribution in [2.75, 3.05) is 13.7 Å². The van der Waals surface area contributed by atoms with Gasteiger partial charge in [-0.25, -0.2) is 0 Å². The van der Waals surface area contributed by atoms with Crippen LogP contribution in [0.5, 0.6) is 11.5 Å². The van der Waals surface area contributed by atoms with Gasteiger partial charge in [-0.15, -0.1) is 0 Å². The van der Waals surface area contributed by atoms with Gasteiger partial charge in [0.2, 0.25) is 0 Å². The first-order valence-electron chi connectivity index (χ1n) is 4.05. The Bertz CT molecular complexity index is 330. The van der Waals surface area contributed by atoms with Crippen LogP contribution in [0.25, 0.3) is 0 Å². The lowest BCUT2D eigenvalue weighted by molar-refractivity contribution is 0.180. The van der Waals surface area contributed by atoms with Gasteiger partial charge in [-0.3, -0.25) is 0 Å². The van der Waals surface area contributed by atoms with E-state index in [-0.39, 0.29) is 12.3 Å². The van der Waals surface area contributed by atoms with Crippen molar-refractivity contribution >= 4 is 15.9 Å². The van der Waals surface area contributed by atoms with Gasteiger partial charge in [-0.1, -0.05) is 15.9 Å². The first kappa shape index (κ1) is 11.3. The Kier molecular flexibility index (Phi) is 3.74. The molecule has 1 unspecified atom stereocenters. The topological polar surface area (TPSA) is 75.7 Å². The second-order valence-corrected chi connectivity index (χ2v) is 3.62. The molecule has 78 valence electrons. The second-order valence-electron chi connectivity index (χ2n) is 2.76. The quantitative estimate of drug-likeness (QED) is 0.763. The molecule has 4 nitrogen and oxygen atoms in total. The number of methoxy groups -OCH3 is 1. The van der Waals surface area contributed by atoms with Crippen LogP contribution in [0.4, 0.5) is 0 Å². The summed E-state index contributed by atoms with van der Waals surface area (Å²) in [5, 5.41) is 19.2. The van der Waals surface area contributed by atoms with E-state index < -0.39 is 6.10 Å². The highest BCUT2D eigenvalue weighted by Gasteiger charge is 2.17. The lowest BCUT2D eigenvalue weighted by Crippen LogP contribution is -2.12. The van der Waals surface area contributed by atoms with Gasteiger partial charge in [0.15, 0.2) is 11.5 Å². The summed E-state index contributed by atoms with van der Waals surface area (Å²) in [4.78, 5) is 0. The number of aliphatic hydroxyl groups is 1. The molecule has 0 aliphatic carbocycles. The third kappa shape index (κ3) is 2.00. The van der Waals surface area contributed by atoms with E-state index >= 15 is 0 Å². The Morgan fingerprint density at radius 3 is 2.71 bits per heavy atom. The van der Waals surface area contributed by atoms with Gasteiger partial charge in [0, 0.05) is 16.6 Å². The number of ether oxygens (including phenoxy) is 1. The molecule has 5 heteroatoms. The highest BCUT2D eigenvalue weighted by Crippen LogP contribution is 2.38. The van der Waals surface area contributed by atoms with E-state index in [4.69, 9.17) is 10.5 Å². The van der Waals surface area contributed by atoms with E-state index in [0.29, 0.717) is 15.8 Å². The standard InChI is InChI=1S/C9H12BrNO3/c1-14-7-3-2-5(10)8(9(7)13)6(12)4-11/h2-3,6,12-13H,4,11H2,1H3. The molecule has 0 saturated carbocycles. The van der Waals surface area contributed by atoms with Gasteiger partial charge in [0.1, 0.15) is 0 Å². The average Bonchev–Trinajstić information content (AvgIpc) is 2.18. The molecule has 0 amide bonds. The molecule has 1 atom stereocenters. The third-order valence-corrected chi connectivity index (χ3v) is 2.59. The fourth-order valence-electron chi connectivity index (χ4n) is 1.16. The van der Waals surface area contributed by atoms with Crippen LogP contribution < -0.4 is 10.5 Å². The van der Waals surface area contributed by atoms with Crippen LogP contribution in [0, 0.1) is 0 Å². The number of phenolic OH excluding ortho intramolecular Hbond substituents is 1. The first-order valence-corrected chi connectivity index (χ1v) is 4.84. The Hall–Kier alpha value is -0.780. The summed E-state index contributed by atoms with van der Waals surface area (Å²) in [5.74, 6) is 0.232. The minimum Gasteiger partial charge on any atom is -0.504 e. The zero-order chi connectivity index (χ0) is 10.7. The van der Waals surface area contributed by atoms with E-state index in [9.17, 15) is 10.2 Å². The van der Waals surface area contributed by atoms with Gasteiger partial charge in [0.25, 0.3) is 0 Å². The molecule has 0 aromatic heterocycles. The number of nitrogens with two attached hydrogens (primary N) is 1. The highest BCUT2D eigenvalue weighted by atomic mass is 79.9. The molecule has 1 aromatic rings. The molecule has 4 N–H and O–H groups in total. The van der Waals surface area contributed by atoms with Crippen molar-refractivity contribution in [3.8, 4) is 11.5 Å². The van der Waals surface area contributed by atoms with Crippen LogP contribution in [-0.4, -0.2) is 23.9 Å². The predicted molar refractivity (Wildman–Crippen MR) is 56.4 cm³/mol. The summed E-state index contributed by atoms with van der Waals surface area (Å²) >= 11 is 3.22. The summed E-state index contributed by atoms with van der Waals surface area (Å²) in [7, 11) is 1.45. The molecular formula is C9H12BrNO3. The normalized spacial score (nSPS) is 12.6. The molecule has 1 aromatic carbocycles. The Balaban J connectivity index is 3.25. The summed E-state index contributed by atoms with van der Waals surface area (Å²) in [6.45, 7) is 0.0410. The largest absolute Gasteiger partial charge is 0.504 e. The molecule has 0 saturated heterocycles. The van der Waals surface area contributed by atoms with Crippen LogP contribution in [0.1, 0.15) is 11.7 Å². The summed E-state index contributed by atoms with van der Waals surface area (Å²) in [6.07, 6.45) is -0.903. The van der Waals surface area contributed by atoms with Crippen LogP contribution >= 0.6 is 15.9 Å². The van der Waals surface area contributed by atoms with E-state index in [2.05, 4.69) is 15.9 Å². The van der Waals surface area contributed by atoms with Crippen molar-refractivity contribution in [2.45, 2.75) is 6.10 Å². The van der Waals surface area contributed by atoms with Crippen molar-refractivity contribution in [1.82, 2.24) is 0 Å². The molecule has 0 aliphatic rings. The molecule has 0 radical (unpaired) electrons. The number of aliphatic hydroxyl groups excluding tert-OH is 1. The van der Waals surface area contributed by atoms with Gasteiger partial charge < -0.3 is 20.7 Å². The van der Waals surface area contributed by atoms with E-state index in [1.807, 2.05) is 0 Å². The van der Waals surface area contributed by atoms with Crippen LogP contribution in [0.15, 0.2) is 16.6 Å². The predicted octanol–water partition coefficient (Wildman–Crippen LogP) is 1.16. The summed E-state index contributed by atoms with van der Waals surface area (Å²) in [6, 6.07) is 3.29. The summed E-state index contributed by atoms with van der Waals surface area (Å²) in [5.41, 5.74) is 5.66. The Morgan fingerprint density at radius 2 is 2.21 bits per heavy atom. The third-order valence-electron chi connectivity index (χ3n) is 1.90. The van der Waals surface area contributed by atoms with Crippen molar-refractivity contribution in [3.05, 3.63) is 22.2 Å². The maximum absolute atomic E-state index is 9.70. The Morgan fingerprint density at radius 1 is 1.57 bits per heavy atom. The number of hydrogen-bond donors (Lipinski definition) is 3. The zero-order valence-corrected chi connectivity index (χ0v) is 9.28. The minimum absolute atomic E-state index is 0.0410. The number of benzene rings is 1. The molecule has 14 heavy (non-hydrogen) atoms. The highest BCUT2D eigenvalue weighted by molar-refractivity contribution is 9.10. The fraction of sp³-hybridized carbons (Fsp3) is 0.333. The number of aromatic hydroxyl groups is 1. The molecule has 1 rings (SSSR count). The van der Waals surface area contributed by atoms with Gasteiger partial charge in [0.05, 0.1) is 13.2 Å². The van der Waals surface area contributed by atoms with Crippen molar-refractivity contribution in [3.63, 3.8) is 0 Å². The zero-order valence-electron chi connectivity index (χ0n) is 7.70. The fourth-order valence-corrected chi connectivity index (χ4v) is 1.75. The smallest absolute Gasteiger partial charge is 0.164 e. The minimum atomic E-state index is -0.903. The number of halogens is 1. The van der Waals surface area contributed by atoms with Crippen molar-refractivity contribution < 1.29 is 14.9 Å². The van der Waals surface area contributed by atoms with Crippen molar-refractivity contribution in [1.29, 1.82) is 0 Å². The van der Waals surface area contributed by atoms with Crippen molar-refractivity contribution in [2.24, 2.45) is 5.73 Å².